The largest absolute Gasteiger partial charge is 0.478 e. The molecule has 0 unspecified atom stereocenters. The van der Waals surface area contributed by atoms with Crippen LogP contribution in [0.5, 0.6) is 0 Å². The molecule has 0 radical (unpaired) electrons. The van der Waals surface area contributed by atoms with Gasteiger partial charge in [0.2, 0.25) is 0 Å². The Morgan fingerprint density at radius 2 is 2.33 bits per heavy atom. The molecular formula is C12H11ClN2O2S. The zero-order valence-electron chi connectivity index (χ0n) is 9.63. The number of anilines is 1. The number of aromatic carboxylic acids is 1. The molecule has 0 bridgehead atoms. The second-order valence-corrected chi connectivity index (χ2v) is 5.00. The molecule has 0 saturated heterocycles. The molecule has 0 aliphatic rings. The van der Waals surface area contributed by atoms with E-state index in [2.05, 4.69) is 4.98 Å². The van der Waals surface area contributed by atoms with Crippen molar-refractivity contribution in [2.75, 3.05) is 11.9 Å². The highest BCUT2D eigenvalue weighted by Gasteiger charge is 2.11. The second kappa shape index (κ2) is 5.37. The maximum Gasteiger partial charge on any atom is 0.335 e. The number of hydrogen-bond acceptors (Lipinski definition) is 4. The van der Waals surface area contributed by atoms with E-state index in [1.54, 1.807) is 11.3 Å². The molecule has 2 heterocycles. The van der Waals surface area contributed by atoms with Crippen molar-refractivity contribution in [3.8, 4) is 0 Å². The third-order valence-electron chi connectivity index (χ3n) is 2.42. The molecule has 0 amide bonds. The minimum Gasteiger partial charge on any atom is -0.478 e. The lowest BCUT2D eigenvalue weighted by molar-refractivity contribution is 0.0697. The van der Waals surface area contributed by atoms with Gasteiger partial charge in [-0.3, -0.25) is 0 Å². The van der Waals surface area contributed by atoms with E-state index in [0.717, 1.165) is 5.56 Å². The first-order valence-corrected chi connectivity index (χ1v) is 6.51. The van der Waals surface area contributed by atoms with Crippen LogP contribution >= 0.6 is 22.9 Å². The van der Waals surface area contributed by atoms with Gasteiger partial charge in [-0.05, 0) is 34.5 Å². The molecule has 0 spiro atoms. The van der Waals surface area contributed by atoms with Crippen molar-refractivity contribution in [3.05, 3.63) is 45.2 Å². The molecule has 0 atom stereocenters. The SMILES string of the molecule is CN(Cc1ccsc1)c1cc(C(=O)O)cc(Cl)n1. The minimum atomic E-state index is -1.01. The van der Waals surface area contributed by atoms with Crippen LogP contribution < -0.4 is 4.90 Å². The van der Waals surface area contributed by atoms with E-state index in [1.807, 2.05) is 28.8 Å². The number of pyridine rings is 1. The summed E-state index contributed by atoms with van der Waals surface area (Å²) >= 11 is 7.44. The number of halogens is 1. The zero-order chi connectivity index (χ0) is 13.1. The monoisotopic (exact) mass is 282 g/mol. The quantitative estimate of drug-likeness (QED) is 0.876. The average molecular weight is 283 g/mol. The molecule has 0 aliphatic heterocycles. The van der Waals surface area contributed by atoms with Crippen LogP contribution in [0.25, 0.3) is 0 Å². The van der Waals surface area contributed by atoms with Gasteiger partial charge in [0.25, 0.3) is 0 Å². The van der Waals surface area contributed by atoms with E-state index < -0.39 is 5.97 Å². The molecule has 2 rings (SSSR count). The molecular weight excluding hydrogens is 272 g/mol. The molecule has 0 aromatic carbocycles. The summed E-state index contributed by atoms with van der Waals surface area (Å²) in [5, 5.41) is 13.2. The number of nitrogens with zero attached hydrogens (tertiary/aromatic N) is 2. The van der Waals surface area contributed by atoms with Gasteiger partial charge in [-0.1, -0.05) is 11.6 Å². The zero-order valence-corrected chi connectivity index (χ0v) is 11.2. The van der Waals surface area contributed by atoms with E-state index in [9.17, 15) is 4.79 Å². The number of thiophene rings is 1. The summed E-state index contributed by atoms with van der Waals surface area (Å²) in [4.78, 5) is 16.9. The van der Waals surface area contributed by atoms with Crippen LogP contribution in [0.15, 0.2) is 29.0 Å². The molecule has 0 saturated carbocycles. The van der Waals surface area contributed by atoms with Crippen LogP contribution in [-0.4, -0.2) is 23.1 Å². The third-order valence-corrected chi connectivity index (χ3v) is 3.34. The van der Waals surface area contributed by atoms with E-state index in [4.69, 9.17) is 16.7 Å². The Hall–Kier alpha value is -1.59. The lowest BCUT2D eigenvalue weighted by Crippen LogP contribution is -2.18. The number of hydrogen-bond donors (Lipinski definition) is 1. The molecule has 18 heavy (non-hydrogen) atoms. The van der Waals surface area contributed by atoms with Gasteiger partial charge in [0.15, 0.2) is 0 Å². The summed E-state index contributed by atoms with van der Waals surface area (Å²) in [6, 6.07) is 4.87. The van der Waals surface area contributed by atoms with E-state index >= 15 is 0 Å². The van der Waals surface area contributed by atoms with Crippen molar-refractivity contribution in [1.29, 1.82) is 0 Å². The smallest absolute Gasteiger partial charge is 0.335 e. The summed E-state index contributed by atoms with van der Waals surface area (Å²) < 4.78 is 0. The highest BCUT2D eigenvalue weighted by molar-refractivity contribution is 7.07. The lowest BCUT2D eigenvalue weighted by Gasteiger charge is -2.18. The fourth-order valence-electron chi connectivity index (χ4n) is 1.54. The van der Waals surface area contributed by atoms with Gasteiger partial charge in [0.05, 0.1) is 5.56 Å². The van der Waals surface area contributed by atoms with Crippen LogP contribution in [-0.2, 0) is 6.54 Å². The summed E-state index contributed by atoms with van der Waals surface area (Å²) in [5.74, 6) is -0.462. The number of aromatic nitrogens is 1. The fourth-order valence-corrected chi connectivity index (χ4v) is 2.40. The Balaban J connectivity index is 2.24. The molecule has 0 fully saturated rings. The van der Waals surface area contributed by atoms with Crippen LogP contribution in [0.1, 0.15) is 15.9 Å². The van der Waals surface area contributed by atoms with Gasteiger partial charge in [-0.2, -0.15) is 11.3 Å². The lowest BCUT2D eigenvalue weighted by atomic mass is 10.2. The van der Waals surface area contributed by atoms with E-state index in [1.165, 1.54) is 12.1 Å². The van der Waals surface area contributed by atoms with Gasteiger partial charge in [-0.15, -0.1) is 0 Å². The first-order chi connectivity index (χ1) is 8.56. The third kappa shape index (κ3) is 3.00. The van der Waals surface area contributed by atoms with Gasteiger partial charge in [0.1, 0.15) is 11.0 Å². The Kier molecular flexibility index (Phi) is 3.84. The Bertz CT molecular complexity index is 557. The van der Waals surface area contributed by atoms with Crippen LogP contribution in [0.2, 0.25) is 5.15 Å². The Morgan fingerprint density at radius 3 is 2.94 bits per heavy atom. The summed E-state index contributed by atoms with van der Waals surface area (Å²) in [6.07, 6.45) is 0. The van der Waals surface area contributed by atoms with E-state index in [0.29, 0.717) is 12.4 Å². The predicted octanol–water partition coefficient (Wildman–Crippen LogP) is 3.13. The molecule has 4 nitrogen and oxygen atoms in total. The van der Waals surface area contributed by atoms with Crippen molar-refractivity contribution in [1.82, 2.24) is 4.98 Å². The van der Waals surface area contributed by atoms with Crippen LogP contribution in [0, 0.1) is 0 Å². The number of carbonyl (C=O) groups is 1. The minimum absolute atomic E-state index is 0.141. The van der Waals surface area contributed by atoms with Crippen LogP contribution in [0.4, 0.5) is 5.82 Å². The van der Waals surface area contributed by atoms with Crippen molar-refractivity contribution >= 4 is 34.7 Å². The standard InChI is InChI=1S/C12H11ClN2O2S/c1-15(6-8-2-3-18-7-8)11-5-9(12(16)17)4-10(13)14-11/h2-5,7H,6H2,1H3,(H,16,17). The maximum absolute atomic E-state index is 10.9. The molecule has 1 N–H and O–H groups in total. The summed E-state index contributed by atoms with van der Waals surface area (Å²) in [5.41, 5.74) is 1.29. The Labute approximate surface area is 113 Å². The van der Waals surface area contributed by atoms with Gasteiger partial charge < -0.3 is 10.0 Å². The molecule has 94 valence electrons. The fraction of sp³-hybridized carbons (Fsp3) is 0.167. The van der Waals surface area contributed by atoms with Crippen molar-refractivity contribution in [2.24, 2.45) is 0 Å². The second-order valence-electron chi connectivity index (χ2n) is 3.83. The molecule has 0 aliphatic carbocycles. The highest BCUT2D eigenvalue weighted by atomic mass is 35.5. The number of carboxylic acid groups (broad SMARTS) is 1. The summed E-state index contributed by atoms with van der Waals surface area (Å²) in [6.45, 7) is 0.663. The van der Waals surface area contributed by atoms with E-state index in [-0.39, 0.29) is 10.7 Å². The summed E-state index contributed by atoms with van der Waals surface area (Å²) in [7, 11) is 1.85. The van der Waals surface area contributed by atoms with Crippen LogP contribution in [0.3, 0.4) is 0 Å². The maximum atomic E-state index is 10.9. The average Bonchev–Trinajstić information content (AvgIpc) is 2.80. The topological polar surface area (TPSA) is 53.4 Å². The molecule has 6 heteroatoms. The van der Waals surface area contributed by atoms with Crippen molar-refractivity contribution < 1.29 is 9.90 Å². The first-order valence-electron chi connectivity index (χ1n) is 5.19. The molecule has 2 aromatic rings. The van der Waals surface area contributed by atoms with Gasteiger partial charge in [0, 0.05) is 13.6 Å². The number of carboxylic acids is 1. The predicted molar refractivity (Wildman–Crippen MR) is 72.6 cm³/mol. The van der Waals surface area contributed by atoms with Gasteiger partial charge in [-0.25, -0.2) is 9.78 Å². The van der Waals surface area contributed by atoms with Crippen molar-refractivity contribution in [3.63, 3.8) is 0 Å². The number of rotatable bonds is 4. The van der Waals surface area contributed by atoms with Gasteiger partial charge >= 0.3 is 5.97 Å². The normalized spacial score (nSPS) is 10.3. The van der Waals surface area contributed by atoms with Crippen molar-refractivity contribution in [2.45, 2.75) is 6.54 Å². The Morgan fingerprint density at radius 1 is 1.56 bits per heavy atom. The highest BCUT2D eigenvalue weighted by Crippen LogP contribution is 2.19. The molecule has 2 aromatic heterocycles. The first kappa shape index (κ1) is 12.9.